The highest BCUT2D eigenvalue weighted by atomic mass is 15.0. The Morgan fingerprint density at radius 2 is 1.44 bits per heavy atom. The van der Waals surface area contributed by atoms with Crippen molar-refractivity contribution >= 4 is 0 Å². The molecule has 5 aliphatic rings. The lowest BCUT2D eigenvalue weighted by Crippen LogP contribution is -2.52. The fourth-order valence-corrected chi connectivity index (χ4v) is 5.89. The van der Waals surface area contributed by atoms with E-state index in [-0.39, 0.29) is 0 Å². The molecule has 0 aromatic heterocycles. The Bertz CT molecular complexity index is 271. The molecule has 0 aromatic carbocycles. The highest BCUT2D eigenvalue weighted by molar-refractivity contribution is 5.02. The van der Waals surface area contributed by atoms with E-state index in [1.165, 1.54) is 32.5 Å². The Labute approximate surface area is 111 Å². The van der Waals surface area contributed by atoms with Gasteiger partial charge in [0, 0.05) is 12.6 Å². The van der Waals surface area contributed by atoms with Crippen molar-refractivity contribution in [3.63, 3.8) is 0 Å². The average Bonchev–Trinajstić information content (AvgIpc) is 2.36. The Hall–Kier alpha value is -0.0800. The van der Waals surface area contributed by atoms with E-state index >= 15 is 0 Å². The molecular formula is C16H28N2. The number of hydrogen-bond acceptors (Lipinski definition) is 2. The zero-order chi connectivity index (χ0) is 12.0. The van der Waals surface area contributed by atoms with Gasteiger partial charge in [0.25, 0.3) is 0 Å². The molecular weight excluding hydrogens is 220 g/mol. The van der Waals surface area contributed by atoms with Gasteiger partial charge in [-0.3, -0.25) is 0 Å². The molecule has 4 aliphatic carbocycles. The van der Waals surface area contributed by atoms with Gasteiger partial charge in [-0.2, -0.15) is 0 Å². The summed E-state index contributed by atoms with van der Waals surface area (Å²) in [6, 6.07) is 0.805. The quantitative estimate of drug-likeness (QED) is 0.802. The predicted molar refractivity (Wildman–Crippen MR) is 74.5 cm³/mol. The molecule has 5 fully saturated rings. The van der Waals surface area contributed by atoms with E-state index in [9.17, 15) is 0 Å². The first kappa shape index (κ1) is 11.7. The molecule has 0 radical (unpaired) electrons. The standard InChI is InChI=1S/C16H28N2/c1-3-17-4-2-15(1)18-11-16-8-12-5-13(9-16)7-14(6-12)10-16/h12-15,17-18H,1-11H2. The van der Waals surface area contributed by atoms with Crippen molar-refractivity contribution in [1.29, 1.82) is 0 Å². The minimum atomic E-state index is 0.722. The number of hydrogen-bond donors (Lipinski definition) is 2. The normalized spacial score (nSPS) is 47.7. The lowest BCUT2D eigenvalue weighted by molar-refractivity contribution is -0.0528. The van der Waals surface area contributed by atoms with Crippen molar-refractivity contribution in [3.05, 3.63) is 0 Å². The van der Waals surface area contributed by atoms with Gasteiger partial charge in [0.15, 0.2) is 0 Å². The first-order valence-corrected chi connectivity index (χ1v) is 8.25. The monoisotopic (exact) mass is 248 g/mol. The molecule has 1 aliphatic heterocycles. The molecule has 0 amide bonds. The molecule has 4 bridgehead atoms. The second-order valence-corrected chi connectivity index (χ2v) is 7.82. The smallest absolute Gasteiger partial charge is 0.00914 e. The molecule has 2 nitrogen and oxygen atoms in total. The molecule has 2 heteroatoms. The summed E-state index contributed by atoms with van der Waals surface area (Å²) < 4.78 is 0. The van der Waals surface area contributed by atoms with Crippen molar-refractivity contribution in [1.82, 2.24) is 10.6 Å². The van der Waals surface area contributed by atoms with Crippen molar-refractivity contribution in [2.75, 3.05) is 19.6 Å². The van der Waals surface area contributed by atoms with Gasteiger partial charge in [-0.05, 0) is 87.6 Å². The number of piperidine rings is 1. The largest absolute Gasteiger partial charge is 0.317 e. The maximum Gasteiger partial charge on any atom is 0.00914 e. The Kier molecular flexibility index (Phi) is 2.92. The van der Waals surface area contributed by atoms with E-state index in [2.05, 4.69) is 10.6 Å². The van der Waals surface area contributed by atoms with Gasteiger partial charge in [0.05, 0.1) is 0 Å². The summed E-state index contributed by atoms with van der Waals surface area (Å²) in [5.74, 6) is 3.31. The van der Waals surface area contributed by atoms with Crippen LogP contribution >= 0.6 is 0 Å². The van der Waals surface area contributed by atoms with E-state index in [4.69, 9.17) is 0 Å². The van der Waals surface area contributed by atoms with Crippen LogP contribution in [0.2, 0.25) is 0 Å². The number of rotatable bonds is 3. The van der Waals surface area contributed by atoms with Crippen LogP contribution in [0.4, 0.5) is 0 Å². The fourth-order valence-electron chi connectivity index (χ4n) is 5.89. The zero-order valence-corrected chi connectivity index (χ0v) is 11.6. The fraction of sp³-hybridized carbons (Fsp3) is 1.00. The van der Waals surface area contributed by atoms with Crippen molar-refractivity contribution < 1.29 is 0 Å². The molecule has 0 atom stereocenters. The second kappa shape index (κ2) is 4.49. The Morgan fingerprint density at radius 1 is 0.889 bits per heavy atom. The van der Waals surface area contributed by atoms with Gasteiger partial charge in [0.2, 0.25) is 0 Å². The van der Waals surface area contributed by atoms with E-state index < -0.39 is 0 Å². The van der Waals surface area contributed by atoms with E-state index in [0.717, 1.165) is 29.2 Å². The molecule has 18 heavy (non-hydrogen) atoms. The summed E-state index contributed by atoms with van der Waals surface area (Å²) in [5, 5.41) is 7.41. The first-order chi connectivity index (χ1) is 8.81. The Balaban J connectivity index is 1.38. The van der Waals surface area contributed by atoms with Crippen LogP contribution in [0.25, 0.3) is 0 Å². The van der Waals surface area contributed by atoms with Crippen molar-refractivity contribution in [2.24, 2.45) is 23.2 Å². The lowest BCUT2D eigenvalue weighted by atomic mass is 9.49. The molecule has 0 aromatic rings. The van der Waals surface area contributed by atoms with Gasteiger partial charge in [-0.15, -0.1) is 0 Å². The zero-order valence-electron chi connectivity index (χ0n) is 11.6. The van der Waals surface area contributed by atoms with Gasteiger partial charge < -0.3 is 10.6 Å². The van der Waals surface area contributed by atoms with Crippen LogP contribution in [0, 0.1) is 23.2 Å². The molecule has 1 saturated heterocycles. The van der Waals surface area contributed by atoms with Crippen LogP contribution in [-0.4, -0.2) is 25.7 Å². The molecule has 5 rings (SSSR count). The summed E-state index contributed by atoms with van der Waals surface area (Å²) in [4.78, 5) is 0. The molecule has 1 heterocycles. The van der Waals surface area contributed by atoms with Crippen LogP contribution in [0.3, 0.4) is 0 Å². The van der Waals surface area contributed by atoms with E-state index in [0.29, 0.717) is 0 Å². The topological polar surface area (TPSA) is 24.1 Å². The van der Waals surface area contributed by atoms with Crippen LogP contribution < -0.4 is 10.6 Å². The van der Waals surface area contributed by atoms with Gasteiger partial charge in [0.1, 0.15) is 0 Å². The average molecular weight is 248 g/mol. The predicted octanol–water partition coefficient (Wildman–Crippen LogP) is 2.54. The summed E-state index contributed by atoms with van der Waals surface area (Å²) >= 11 is 0. The van der Waals surface area contributed by atoms with Crippen molar-refractivity contribution in [3.8, 4) is 0 Å². The van der Waals surface area contributed by atoms with Crippen LogP contribution in [0.5, 0.6) is 0 Å². The molecule has 0 spiro atoms. The van der Waals surface area contributed by atoms with Gasteiger partial charge in [-0.25, -0.2) is 0 Å². The molecule has 4 saturated carbocycles. The maximum absolute atomic E-state index is 3.94. The van der Waals surface area contributed by atoms with Crippen LogP contribution in [0.15, 0.2) is 0 Å². The molecule has 2 N–H and O–H groups in total. The van der Waals surface area contributed by atoms with Crippen LogP contribution in [-0.2, 0) is 0 Å². The molecule has 102 valence electrons. The Morgan fingerprint density at radius 3 is 2.00 bits per heavy atom. The SMILES string of the molecule is C1CC(NCC23CC4CC(CC(C4)C2)C3)CCN1. The number of nitrogens with one attached hydrogen (secondary N) is 2. The summed E-state index contributed by atoms with van der Waals surface area (Å²) in [6.07, 6.45) is 12.1. The minimum absolute atomic E-state index is 0.722. The summed E-state index contributed by atoms with van der Waals surface area (Å²) in [7, 11) is 0. The highest BCUT2D eigenvalue weighted by Crippen LogP contribution is 2.59. The maximum atomic E-state index is 3.94. The van der Waals surface area contributed by atoms with Gasteiger partial charge in [-0.1, -0.05) is 0 Å². The minimum Gasteiger partial charge on any atom is -0.317 e. The third kappa shape index (κ3) is 2.12. The molecule has 0 unspecified atom stereocenters. The third-order valence-corrected chi connectivity index (χ3v) is 6.27. The highest BCUT2D eigenvalue weighted by Gasteiger charge is 2.50. The summed E-state index contributed by atoms with van der Waals surface area (Å²) in [5.41, 5.74) is 0.722. The second-order valence-electron chi connectivity index (χ2n) is 7.82. The third-order valence-electron chi connectivity index (χ3n) is 6.27. The van der Waals surface area contributed by atoms with Crippen molar-refractivity contribution in [2.45, 2.75) is 57.4 Å². The van der Waals surface area contributed by atoms with E-state index in [1.54, 1.807) is 38.5 Å². The lowest BCUT2D eigenvalue weighted by Gasteiger charge is -2.57. The van der Waals surface area contributed by atoms with Gasteiger partial charge >= 0.3 is 0 Å². The van der Waals surface area contributed by atoms with E-state index in [1.807, 2.05) is 0 Å². The summed E-state index contributed by atoms with van der Waals surface area (Å²) in [6.45, 7) is 3.78. The first-order valence-electron chi connectivity index (χ1n) is 8.25. The van der Waals surface area contributed by atoms with Crippen LogP contribution in [0.1, 0.15) is 51.4 Å².